The van der Waals surface area contributed by atoms with E-state index in [1.165, 1.54) is 11.8 Å². The zero-order valence-electron chi connectivity index (χ0n) is 12.9. The second-order valence-electron chi connectivity index (χ2n) is 5.13. The second kappa shape index (κ2) is 6.64. The summed E-state index contributed by atoms with van der Waals surface area (Å²) in [5, 5.41) is 3.27. The SMILES string of the molecule is CC(=O)Oc1ccc(/C=C2\NC(=S)N(c3ccccc3)C2=O)cc1. The normalized spacial score (nSPS) is 15.5. The Morgan fingerprint density at radius 1 is 1.12 bits per heavy atom. The van der Waals surface area contributed by atoms with Gasteiger partial charge in [-0.05, 0) is 48.1 Å². The number of carbonyl (C=O) groups is 2. The van der Waals surface area contributed by atoms with E-state index >= 15 is 0 Å². The van der Waals surface area contributed by atoms with Gasteiger partial charge in [0.1, 0.15) is 11.4 Å². The van der Waals surface area contributed by atoms with Crippen molar-refractivity contribution in [2.75, 3.05) is 4.90 Å². The Bertz CT molecular complexity index is 829. The molecule has 0 unspecified atom stereocenters. The van der Waals surface area contributed by atoms with Crippen LogP contribution < -0.4 is 15.0 Å². The first kappa shape index (κ1) is 15.9. The molecule has 5 nitrogen and oxygen atoms in total. The average Bonchev–Trinajstić information content (AvgIpc) is 2.83. The Balaban J connectivity index is 1.82. The van der Waals surface area contributed by atoms with Crippen molar-refractivity contribution < 1.29 is 14.3 Å². The van der Waals surface area contributed by atoms with Gasteiger partial charge >= 0.3 is 5.97 Å². The number of rotatable bonds is 3. The summed E-state index contributed by atoms with van der Waals surface area (Å²) >= 11 is 5.26. The number of carbonyl (C=O) groups excluding carboxylic acids is 2. The van der Waals surface area contributed by atoms with Crippen molar-refractivity contribution in [3.05, 3.63) is 65.9 Å². The van der Waals surface area contributed by atoms with Crippen LogP contribution in [0.2, 0.25) is 0 Å². The van der Waals surface area contributed by atoms with Crippen molar-refractivity contribution >= 4 is 41.0 Å². The van der Waals surface area contributed by atoms with Crippen LogP contribution in [-0.4, -0.2) is 17.0 Å². The molecule has 2 aromatic carbocycles. The van der Waals surface area contributed by atoms with Gasteiger partial charge in [-0.3, -0.25) is 14.5 Å². The van der Waals surface area contributed by atoms with Gasteiger partial charge in [0, 0.05) is 6.92 Å². The zero-order chi connectivity index (χ0) is 17.1. The van der Waals surface area contributed by atoms with Crippen molar-refractivity contribution in [3.8, 4) is 5.75 Å². The van der Waals surface area contributed by atoms with Gasteiger partial charge in [-0.2, -0.15) is 0 Å². The van der Waals surface area contributed by atoms with Gasteiger partial charge in [-0.1, -0.05) is 30.3 Å². The molecule has 1 N–H and O–H groups in total. The number of benzene rings is 2. The molecule has 3 rings (SSSR count). The van der Waals surface area contributed by atoms with Crippen LogP contribution in [-0.2, 0) is 9.59 Å². The third-order valence-corrected chi connectivity index (χ3v) is 3.63. The summed E-state index contributed by atoms with van der Waals surface area (Å²) in [5.41, 5.74) is 1.90. The Morgan fingerprint density at radius 3 is 2.42 bits per heavy atom. The maximum absolute atomic E-state index is 12.6. The molecule has 1 aliphatic heterocycles. The highest BCUT2D eigenvalue weighted by molar-refractivity contribution is 7.80. The van der Waals surface area contributed by atoms with Crippen LogP contribution in [0.3, 0.4) is 0 Å². The smallest absolute Gasteiger partial charge is 0.308 e. The first-order valence-electron chi connectivity index (χ1n) is 7.25. The van der Waals surface area contributed by atoms with Crippen molar-refractivity contribution in [3.63, 3.8) is 0 Å². The fourth-order valence-corrected chi connectivity index (χ4v) is 2.61. The topological polar surface area (TPSA) is 58.6 Å². The van der Waals surface area contributed by atoms with Crippen LogP contribution in [0.1, 0.15) is 12.5 Å². The fraction of sp³-hybridized carbons (Fsp3) is 0.0556. The van der Waals surface area contributed by atoms with Crippen LogP contribution in [0, 0.1) is 0 Å². The quantitative estimate of drug-likeness (QED) is 0.404. The minimum absolute atomic E-state index is 0.213. The van der Waals surface area contributed by atoms with E-state index < -0.39 is 0 Å². The molecule has 1 amide bonds. The monoisotopic (exact) mass is 338 g/mol. The first-order chi connectivity index (χ1) is 11.5. The third-order valence-electron chi connectivity index (χ3n) is 3.35. The number of hydrogen-bond donors (Lipinski definition) is 1. The molecular formula is C18H14N2O3S. The highest BCUT2D eigenvalue weighted by Crippen LogP contribution is 2.22. The molecule has 0 aromatic heterocycles. The van der Waals surface area contributed by atoms with Crippen molar-refractivity contribution in [2.45, 2.75) is 6.92 Å². The van der Waals surface area contributed by atoms with Gasteiger partial charge < -0.3 is 10.1 Å². The number of thiocarbonyl (C=S) groups is 1. The molecule has 0 atom stereocenters. The van der Waals surface area contributed by atoms with E-state index in [4.69, 9.17) is 17.0 Å². The van der Waals surface area contributed by atoms with Crippen LogP contribution in [0.4, 0.5) is 5.69 Å². The van der Waals surface area contributed by atoms with Crippen LogP contribution in [0.15, 0.2) is 60.3 Å². The molecule has 2 aromatic rings. The number of anilines is 1. The molecular weight excluding hydrogens is 324 g/mol. The third kappa shape index (κ3) is 3.33. The van der Waals surface area contributed by atoms with Gasteiger partial charge in [0.2, 0.25) is 0 Å². The molecule has 1 heterocycles. The Labute approximate surface area is 144 Å². The maximum Gasteiger partial charge on any atom is 0.308 e. The summed E-state index contributed by atoms with van der Waals surface area (Å²) in [6.45, 7) is 1.34. The van der Waals surface area contributed by atoms with E-state index in [1.807, 2.05) is 30.3 Å². The minimum Gasteiger partial charge on any atom is -0.427 e. The summed E-state index contributed by atoms with van der Waals surface area (Å²) in [6.07, 6.45) is 1.70. The molecule has 6 heteroatoms. The van der Waals surface area contributed by atoms with E-state index in [0.29, 0.717) is 22.2 Å². The Morgan fingerprint density at radius 2 is 1.79 bits per heavy atom. The molecule has 1 aliphatic rings. The molecule has 24 heavy (non-hydrogen) atoms. The second-order valence-corrected chi connectivity index (χ2v) is 5.51. The highest BCUT2D eigenvalue weighted by atomic mass is 32.1. The van der Waals surface area contributed by atoms with Gasteiger partial charge in [0.15, 0.2) is 5.11 Å². The van der Waals surface area contributed by atoms with Crippen molar-refractivity contribution in [1.82, 2.24) is 5.32 Å². The number of amides is 1. The minimum atomic E-state index is -0.377. The molecule has 0 spiro atoms. The number of esters is 1. The summed E-state index contributed by atoms with van der Waals surface area (Å²) in [5.74, 6) is -0.135. The molecule has 1 saturated heterocycles. The Kier molecular flexibility index (Phi) is 4.39. The van der Waals surface area contributed by atoms with Crippen molar-refractivity contribution in [2.24, 2.45) is 0 Å². The van der Waals surface area contributed by atoms with E-state index in [-0.39, 0.29) is 11.9 Å². The maximum atomic E-state index is 12.6. The molecule has 0 radical (unpaired) electrons. The van der Waals surface area contributed by atoms with Gasteiger partial charge in [0.25, 0.3) is 5.91 Å². The van der Waals surface area contributed by atoms with Gasteiger partial charge in [-0.25, -0.2) is 0 Å². The zero-order valence-corrected chi connectivity index (χ0v) is 13.7. The number of nitrogens with one attached hydrogen (secondary N) is 1. The number of para-hydroxylation sites is 1. The standard InChI is InChI=1S/C18H14N2O3S/c1-12(21)23-15-9-7-13(8-10-15)11-16-17(22)20(18(24)19-16)14-5-3-2-4-6-14/h2-11H,1H3,(H,19,24)/b16-11-. The molecule has 0 bridgehead atoms. The van der Waals surface area contributed by atoms with Gasteiger partial charge in [-0.15, -0.1) is 0 Å². The Hall–Kier alpha value is -2.99. The average molecular weight is 338 g/mol. The number of ether oxygens (including phenoxy) is 1. The lowest BCUT2D eigenvalue weighted by molar-refractivity contribution is -0.131. The number of hydrogen-bond acceptors (Lipinski definition) is 4. The summed E-state index contributed by atoms with van der Waals surface area (Å²) in [4.78, 5) is 24.9. The van der Waals surface area contributed by atoms with Gasteiger partial charge in [0.05, 0.1) is 5.69 Å². The first-order valence-corrected chi connectivity index (χ1v) is 7.66. The molecule has 0 aliphatic carbocycles. The van der Waals surface area contributed by atoms with Crippen molar-refractivity contribution in [1.29, 1.82) is 0 Å². The van der Waals surface area contributed by atoms with Crippen LogP contribution in [0.25, 0.3) is 6.08 Å². The fourth-order valence-electron chi connectivity index (χ4n) is 2.31. The lowest BCUT2D eigenvalue weighted by Crippen LogP contribution is -2.30. The molecule has 120 valence electrons. The lowest BCUT2D eigenvalue weighted by Gasteiger charge is -2.13. The summed E-state index contributed by atoms with van der Waals surface area (Å²) in [7, 11) is 0. The van der Waals surface area contributed by atoms with E-state index in [9.17, 15) is 9.59 Å². The van der Waals surface area contributed by atoms with Crippen LogP contribution in [0.5, 0.6) is 5.75 Å². The van der Waals surface area contributed by atoms with E-state index in [1.54, 1.807) is 30.3 Å². The largest absolute Gasteiger partial charge is 0.427 e. The highest BCUT2D eigenvalue weighted by Gasteiger charge is 2.31. The summed E-state index contributed by atoms with van der Waals surface area (Å²) < 4.78 is 4.98. The molecule has 1 fully saturated rings. The van der Waals surface area contributed by atoms with Crippen LogP contribution >= 0.6 is 12.2 Å². The molecule has 0 saturated carbocycles. The predicted octanol–water partition coefficient (Wildman–Crippen LogP) is 2.87. The van der Waals surface area contributed by atoms with E-state index in [0.717, 1.165) is 5.56 Å². The van der Waals surface area contributed by atoms with E-state index in [2.05, 4.69) is 5.32 Å². The lowest BCUT2D eigenvalue weighted by atomic mass is 10.2. The summed E-state index contributed by atoms with van der Waals surface area (Å²) in [6, 6.07) is 16.1. The predicted molar refractivity (Wildman–Crippen MR) is 95.4 cm³/mol. The number of nitrogens with zero attached hydrogens (tertiary/aromatic N) is 1.